The molecule has 1 fully saturated rings. The van der Waals surface area contributed by atoms with Crippen LogP contribution in [0.2, 0.25) is 0 Å². The Balaban J connectivity index is 0.000000265. The highest BCUT2D eigenvalue weighted by Crippen LogP contribution is 2.29. The Bertz CT molecular complexity index is 1010. The van der Waals surface area contributed by atoms with E-state index in [0.29, 0.717) is 11.6 Å². The SMILES string of the molecule is OC1CCCCC1.c1ccc2sc(Nc3ccc(Oc4cnccn4)cc3)nc2c1. The number of hydrogen-bond donors (Lipinski definition) is 2. The Morgan fingerprint density at radius 3 is 2.43 bits per heavy atom. The van der Waals surface area contributed by atoms with E-state index in [1.54, 1.807) is 29.9 Å². The van der Waals surface area contributed by atoms with Gasteiger partial charge in [-0.3, -0.25) is 4.98 Å². The van der Waals surface area contributed by atoms with Gasteiger partial charge in [-0.15, -0.1) is 0 Å². The Labute approximate surface area is 179 Å². The Morgan fingerprint density at radius 2 is 1.77 bits per heavy atom. The lowest BCUT2D eigenvalue weighted by molar-refractivity contribution is 0.130. The summed E-state index contributed by atoms with van der Waals surface area (Å²) in [5.41, 5.74) is 1.96. The molecule has 0 radical (unpaired) electrons. The average Bonchev–Trinajstić information content (AvgIpc) is 3.19. The van der Waals surface area contributed by atoms with E-state index in [0.717, 1.165) is 33.9 Å². The zero-order chi connectivity index (χ0) is 20.6. The van der Waals surface area contributed by atoms with Crippen LogP contribution < -0.4 is 10.1 Å². The van der Waals surface area contributed by atoms with Gasteiger partial charge in [0.2, 0.25) is 5.88 Å². The van der Waals surface area contributed by atoms with E-state index in [9.17, 15) is 0 Å². The minimum absolute atomic E-state index is 0.0359. The maximum absolute atomic E-state index is 8.91. The number of aromatic nitrogens is 3. The molecule has 2 aromatic heterocycles. The molecule has 2 N–H and O–H groups in total. The highest BCUT2D eigenvalue weighted by atomic mass is 32.1. The van der Waals surface area contributed by atoms with Crippen LogP contribution in [0.15, 0.2) is 67.1 Å². The molecule has 4 aromatic rings. The lowest BCUT2D eigenvalue weighted by Gasteiger charge is -2.14. The van der Waals surface area contributed by atoms with E-state index < -0.39 is 0 Å². The zero-order valence-electron chi connectivity index (χ0n) is 16.6. The topological polar surface area (TPSA) is 80.2 Å². The van der Waals surface area contributed by atoms with Gasteiger partial charge >= 0.3 is 0 Å². The fourth-order valence-electron chi connectivity index (χ4n) is 3.20. The third-order valence-corrected chi connectivity index (χ3v) is 5.69. The third-order valence-electron chi connectivity index (χ3n) is 4.74. The number of thiazole rings is 1. The van der Waals surface area contributed by atoms with Crippen molar-refractivity contribution in [2.24, 2.45) is 0 Å². The van der Waals surface area contributed by atoms with Crippen LogP contribution in [0, 0.1) is 0 Å². The molecule has 1 saturated carbocycles. The van der Waals surface area contributed by atoms with Gasteiger partial charge in [-0.2, -0.15) is 0 Å². The molecule has 7 heteroatoms. The van der Waals surface area contributed by atoms with Crippen LogP contribution in [-0.2, 0) is 0 Å². The summed E-state index contributed by atoms with van der Waals surface area (Å²) in [6.45, 7) is 0. The largest absolute Gasteiger partial charge is 0.438 e. The minimum atomic E-state index is 0.0359. The molecule has 1 aliphatic carbocycles. The average molecular weight is 421 g/mol. The first kappa shape index (κ1) is 20.3. The predicted octanol–water partition coefficient (Wildman–Crippen LogP) is 5.93. The quantitative estimate of drug-likeness (QED) is 0.426. The third kappa shape index (κ3) is 5.75. The highest BCUT2D eigenvalue weighted by Gasteiger charge is 2.07. The first-order valence-electron chi connectivity index (χ1n) is 10.1. The van der Waals surface area contributed by atoms with Crippen molar-refractivity contribution < 1.29 is 9.84 Å². The van der Waals surface area contributed by atoms with Crippen molar-refractivity contribution in [2.45, 2.75) is 38.2 Å². The Morgan fingerprint density at radius 1 is 0.967 bits per heavy atom. The number of benzene rings is 2. The number of nitrogens with zero attached hydrogens (tertiary/aromatic N) is 3. The van der Waals surface area contributed by atoms with Crippen LogP contribution in [0.1, 0.15) is 32.1 Å². The van der Waals surface area contributed by atoms with Crippen molar-refractivity contribution in [3.63, 3.8) is 0 Å². The molecule has 0 spiro atoms. The summed E-state index contributed by atoms with van der Waals surface area (Å²) in [6.07, 6.45) is 10.7. The van der Waals surface area contributed by atoms with E-state index in [1.807, 2.05) is 42.5 Å². The number of anilines is 2. The summed E-state index contributed by atoms with van der Waals surface area (Å²) < 4.78 is 6.78. The lowest BCUT2D eigenvalue weighted by atomic mass is 9.98. The summed E-state index contributed by atoms with van der Waals surface area (Å²) in [6, 6.07) is 15.7. The van der Waals surface area contributed by atoms with Gasteiger partial charge in [-0.05, 0) is 49.2 Å². The van der Waals surface area contributed by atoms with Crippen molar-refractivity contribution in [3.8, 4) is 11.6 Å². The van der Waals surface area contributed by atoms with E-state index in [1.165, 1.54) is 19.3 Å². The first-order chi connectivity index (χ1) is 14.8. The van der Waals surface area contributed by atoms with Crippen molar-refractivity contribution in [1.29, 1.82) is 0 Å². The molecule has 5 rings (SSSR count). The second-order valence-corrected chi connectivity index (χ2v) is 8.10. The van der Waals surface area contributed by atoms with Crippen molar-refractivity contribution >= 4 is 32.4 Å². The van der Waals surface area contributed by atoms with E-state index in [2.05, 4.69) is 26.3 Å². The maximum atomic E-state index is 8.91. The molecule has 0 aliphatic heterocycles. The second kappa shape index (κ2) is 10.1. The summed E-state index contributed by atoms with van der Waals surface area (Å²) in [5, 5.41) is 13.1. The number of fused-ring (bicyclic) bond motifs is 1. The summed E-state index contributed by atoms with van der Waals surface area (Å²) in [7, 11) is 0. The number of hydrogen-bond acceptors (Lipinski definition) is 7. The first-order valence-corrected chi connectivity index (χ1v) is 10.9. The van der Waals surface area contributed by atoms with Crippen LogP contribution >= 0.6 is 11.3 Å². The number of ether oxygens (including phenoxy) is 1. The number of para-hydroxylation sites is 1. The van der Waals surface area contributed by atoms with Crippen LogP contribution in [0.3, 0.4) is 0 Å². The van der Waals surface area contributed by atoms with Gasteiger partial charge in [0.15, 0.2) is 5.13 Å². The fourth-order valence-corrected chi connectivity index (χ4v) is 4.08. The van der Waals surface area contributed by atoms with Gasteiger partial charge in [0.25, 0.3) is 0 Å². The minimum Gasteiger partial charge on any atom is -0.438 e. The maximum Gasteiger partial charge on any atom is 0.237 e. The van der Waals surface area contributed by atoms with Gasteiger partial charge in [0, 0.05) is 18.1 Å². The number of aliphatic hydroxyl groups is 1. The standard InChI is InChI=1S/C17H12N4OS.C6H12O/c1-2-4-15-14(3-1)21-17(23-15)20-12-5-7-13(8-6-12)22-16-11-18-9-10-19-16;7-6-4-2-1-3-5-6/h1-11H,(H,20,21);6-7H,1-5H2. The van der Waals surface area contributed by atoms with Crippen molar-refractivity contribution in [1.82, 2.24) is 15.0 Å². The van der Waals surface area contributed by atoms with Crippen LogP contribution in [-0.4, -0.2) is 26.2 Å². The second-order valence-electron chi connectivity index (χ2n) is 7.07. The molecule has 0 bridgehead atoms. The normalized spacial score (nSPS) is 14.0. The molecule has 0 atom stereocenters. The monoisotopic (exact) mass is 420 g/mol. The molecule has 30 heavy (non-hydrogen) atoms. The van der Waals surface area contributed by atoms with E-state index >= 15 is 0 Å². The number of nitrogens with one attached hydrogen (secondary N) is 1. The van der Waals surface area contributed by atoms with Gasteiger partial charge in [0.1, 0.15) is 5.75 Å². The van der Waals surface area contributed by atoms with Gasteiger partial charge in [-0.1, -0.05) is 42.7 Å². The number of aliphatic hydroxyl groups excluding tert-OH is 1. The van der Waals surface area contributed by atoms with Gasteiger partial charge < -0.3 is 15.2 Å². The van der Waals surface area contributed by atoms with E-state index in [-0.39, 0.29) is 6.10 Å². The smallest absolute Gasteiger partial charge is 0.237 e. The zero-order valence-corrected chi connectivity index (χ0v) is 17.4. The van der Waals surface area contributed by atoms with Gasteiger partial charge in [0.05, 0.1) is 22.5 Å². The van der Waals surface area contributed by atoms with Crippen LogP contribution in [0.5, 0.6) is 11.6 Å². The molecular formula is C23H24N4O2S. The summed E-state index contributed by atoms with van der Waals surface area (Å²) in [4.78, 5) is 12.6. The Hall–Kier alpha value is -3.03. The highest BCUT2D eigenvalue weighted by molar-refractivity contribution is 7.22. The summed E-state index contributed by atoms with van der Waals surface area (Å²) >= 11 is 1.63. The summed E-state index contributed by atoms with van der Waals surface area (Å²) in [5.74, 6) is 1.18. The molecule has 2 heterocycles. The fraction of sp³-hybridized carbons (Fsp3) is 0.261. The molecule has 1 aliphatic rings. The molecule has 0 unspecified atom stereocenters. The van der Waals surface area contributed by atoms with Crippen LogP contribution in [0.25, 0.3) is 10.2 Å². The molecule has 0 amide bonds. The van der Waals surface area contributed by atoms with Crippen molar-refractivity contribution in [3.05, 3.63) is 67.1 Å². The lowest BCUT2D eigenvalue weighted by Crippen LogP contribution is -2.09. The molecule has 2 aromatic carbocycles. The number of rotatable bonds is 4. The molecule has 0 saturated heterocycles. The molecule has 154 valence electrons. The predicted molar refractivity (Wildman–Crippen MR) is 121 cm³/mol. The Kier molecular flexibility index (Phi) is 6.84. The van der Waals surface area contributed by atoms with E-state index in [4.69, 9.17) is 9.84 Å². The van der Waals surface area contributed by atoms with Crippen molar-refractivity contribution in [2.75, 3.05) is 5.32 Å². The molecule has 6 nitrogen and oxygen atoms in total. The van der Waals surface area contributed by atoms with Crippen LogP contribution in [0.4, 0.5) is 10.8 Å². The van der Waals surface area contributed by atoms with Gasteiger partial charge in [-0.25, -0.2) is 9.97 Å². The molecular weight excluding hydrogens is 396 g/mol.